The summed E-state index contributed by atoms with van der Waals surface area (Å²) < 4.78 is 0. The lowest BCUT2D eigenvalue weighted by Crippen LogP contribution is -2.22. The molecule has 0 radical (unpaired) electrons. The number of benzene rings is 1. The highest BCUT2D eigenvalue weighted by Crippen LogP contribution is 2.29. The predicted molar refractivity (Wildman–Crippen MR) is 90.1 cm³/mol. The maximum Gasteiger partial charge on any atom is 0.228 e. The van der Waals surface area contributed by atoms with Gasteiger partial charge in [-0.25, -0.2) is 0 Å². The van der Waals surface area contributed by atoms with Gasteiger partial charge in [0.1, 0.15) is 0 Å². The molecule has 0 spiro atoms. The summed E-state index contributed by atoms with van der Waals surface area (Å²) in [6, 6.07) is 6.62. The molecule has 1 aromatic rings. The van der Waals surface area contributed by atoms with Gasteiger partial charge >= 0.3 is 0 Å². The van der Waals surface area contributed by atoms with Crippen molar-refractivity contribution < 1.29 is 14.7 Å². The van der Waals surface area contributed by atoms with Gasteiger partial charge in [-0.2, -0.15) is 0 Å². The minimum absolute atomic E-state index is 0.0551. The number of carbonyl (C=O) groups is 2. The predicted octanol–water partition coefficient (Wildman–Crippen LogP) is 4.54. The van der Waals surface area contributed by atoms with Gasteiger partial charge in [0.25, 0.3) is 0 Å². The summed E-state index contributed by atoms with van der Waals surface area (Å²) in [6.45, 7) is 0. The lowest BCUT2D eigenvalue weighted by atomic mass is 9.85. The van der Waals surface area contributed by atoms with Gasteiger partial charge in [-0.15, -0.1) is 11.6 Å². The Kier molecular flexibility index (Phi) is 4.49. The largest absolute Gasteiger partial charge is 0.504 e. The average Bonchev–Trinajstić information content (AvgIpc) is 2.57. The number of rotatable bonds is 4. The molecule has 1 N–H and O–H groups in total. The zero-order chi connectivity index (χ0) is 16.4. The Hall–Kier alpha value is -2.13. The lowest BCUT2D eigenvalue weighted by molar-refractivity contribution is 0.0926. The Balaban J connectivity index is 1.71. The van der Waals surface area contributed by atoms with Crippen molar-refractivity contribution in [2.75, 3.05) is 0 Å². The van der Waals surface area contributed by atoms with Gasteiger partial charge in [0.05, 0.1) is 5.38 Å². The van der Waals surface area contributed by atoms with Crippen molar-refractivity contribution in [1.29, 1.82) is 0 Å². The monoisotopic (exact) mass is 328 g/mol. The van der Waals surface area contributed by atoms with Crippen LogP contribution in [0.3, 0.4) is 0 Å². The molecule has 2 aliphatic carbocycles. The zero-order valence-corrected chi connectivity index (χ0v) is 13.3. The van der Waals surface area contributed by atoms with Crippen molar-refractivity contribution in [3.8, 4) is 0 Å². The number of fused-ring (bicyclic) bond motifs is 1. The molecule has 0 amide bonds. The second-order valence-corrected chi connectivity index (χ2v) is 6.33. The number of carbonyl (C=O) groups excluding carboxylic acids is 2. The molecule has 118 valence electrons. The van der Waals surface area contributed by atoms with Crippen molar-refractivity contribution >= 4 is 23.2 Å². The maximum absolute atomic E-state index is 12.5. The molecular weight excluding hydrogens is 312 g/mol. The first-order chi connectivity index (χ1) is 11.1. The van der Waals surface area contributed by atoms with Crippen LogP contribution in [0.1, 0.15) is 46.4 Å². The zero-order valence-electron chi connectivity index (χ0n) is 12.6. The van der Waals surface area contributed by atoms with Crippen LogP contribution in [0.2, 0.25) is 0 Å². The normalized spacial score (nSPS) is 20.6. The Morgan fingerprint density at radius 3 is 2.43 bits per heavy atom. The number of halogens is 1. The fraction of sp³-hybridized carbons (Fsp3) is 0.263. The Morgan fingerprint density at radius 2 is 1.78 bits per heavy atom. The smallest absolute Gasteiger partial charge is 0.228 e. The number of allylic oxidation sites excluding steroid dienone is 6. The summed E-state index contributed by atoms with van der Waals surface area (Å²) >= 11 is 5.99. The number of hydrogen-bond donors (Lipinski definition) is 1. The van der Waals surface area contributed by atoms with E-state index in [1.807, 2.05) is 12.2 Å². The molecular formula is C19H17ClO3. The molecule has 0 bridgehead atoms. The van der Waals surface area contributed by atoms with Gasteiger partial charge in [-0.3, -0.25) is 9.59 Å². The topological polar surface area (TPSA) is 54.4 Å². The third kappa shape index (κ3) is 3.15. The van der Waals surface area contributed by atoms with Crippen LogP contribution in [0.4, 0.5) is 0 Å². The van der Waals surface area contributed by atoms with Crippen molar-refractivity contribution in [3.05, 3.63) is 70.5 Å². The van der Waals surface area contributed by atoms with Gasteiger partial charge < -0.3 is 5.11 Å². The van der Waals surface area contributed by atoms with Crippen LogP contribution in [0.5, 0.6) is 0 Å². The van der Waals surface area contributed by atoms with E-state index in [1.165, 1.54) is 5.57 Å². The van der Waals surface area contributed by atoms with Crippen LogP contribution in [-0.2, 0) is 0 Å². The van der Waals surface area contributed by atoms with Gasteiger partial charge in [0.2, 0.25) is 5.78 Å². The first-order valence-corrected chi connectivity index (χ1v) is 8.13. The molecule has 0 fully saturated rings. The standard InChI is InChI=1S/C19H17ClO3/c20-13-10-8-12(9-11-13)4-3-7-16-17(21)14-5-1-2-6-15(14)18(22)19(16)23/h1-2,5-6,8-10,13,23H,3-4,7,11H2. The van der Waals surface area contributed by atoms with Crippen LogP contribution in [0.15, 0.2) is 59.4 Å². The molecule has 0 saturated heterocycles. The number of aliphatic hydroxyl groups excluding tert-OH is 1. The third-order valence-electron chi connectivity index (χ3n) is 4.21. The minimum atomic E-state index is -0.461. The van der Waals surface area contributed by atoms with E-state index in [9.17, 15) is 14.7 Å². The van der Waals surface area contributed by atoms with Crippen LogP contribution >= 0.6 is 11.6 Å². The van der Waals surface area contributed by atoms with Crippen molar-refractivity contribution in [1.82, 2.24) is 0 Å². The molecule has 0 heterocycles. The Labute approximate surface area is 140 Å². The maximum atomic E-state index is 12.5. The second-order valence-electron chi connectivity index (χ2n) is 5.77. The summed E-state index contributed by atoms with van der Waals surface area (Å²) in [5.41, 5.74) is 2.07. The van der Waals surface area contributed by atoms with Gasteiger partial charge in [0.15, 0.2) is 11.5 Å². The molecule has 3 nitrogen and oxygen atoms in total. The average molecular weight is 329 g/mol. The molecule has 1 aromatic carbocycles. The van der Waals surface area contributed by atoms with Gasteiger partial charge in [-0.1, -0.05) is 48.1 Å². The van der Waals surface area contributed by atoms with E-state index in [4.69, 9.17) is 11.6 Å². The van der Waals surface area contributed by atoms with Crippen molar-refractivity contribution in [2.24, 2.45) is 0 Å². The third-order valence-corrected chi connectivity index (χ3v) is 4.53. The summed E-state index contributed by atoms with van der Waals surface area (Å²) in [4.78, 5) is 24.7. The molecule has 23 heavy (non-hydrogen) atoms. The first kappa shape index (κ1) is 15.8. The molecule has 0 aromatic heterocycles. The van der Waals surface area contributed by atoms with Crippen LogP contribution < -0.4 is 0 Å². The van der Waals surface area contributed by atoms with Crippen LogP contribution in [0.25, 0.3) is 0 Å². The van der Waals surface area contributed by atoms with E-state index in [0.717, 1.165) is 12.8 Å². The van der Waals surface area contributed by atoms with Crippen molar-refractivity contribution in [3.63, 3.8) is 0 Å². The van der Waals surface area contributed by atoms with E-state index in [0.29, 0.717) is 18.4 Å². The molecule has 1 atom stereocenters. The number of Topliss-reactive ketones (excluding diaryl/α,β-unsaturated/α-hetero) is 2. The molecule has 0 aliphatic heterocycles. The van der Waals surface area contributed by atoms with Crippen LogP contribution in [0, 0.1) is 0 Å². The van der Waals surface area contributed by atoms with E-state index in [2.05, 4.69) is 6.08 Å². The summed E-state index contributed by atoms with van der Waals surface area (Å²) in [6.07, 6.45) is 8.74. The fourth-order valence-electron chi connectivity index (χ4n) is 2.94. The van der Waals surface area contributed by atoms with E-state index in [1.54, 1.807) is 24.3 Å². The van der Waals surface area contributed by atoms with Crippen molar-refractivity contribution in [2.45, 2.75) is 31.1 Å². The number of alkyl halides is 1. The lowest BCUT2D eigenvalue weighted by Gasteiger charge is -2.17. The van der Waals surface area contributed by atoms with Gasteiger partial charge in [0, 0.05) is 16.7 Å². The highest BCUT2D eigenvalue weighted by molar-refractivity contribution is 6.26. The molecule has 2 aliphatic rings. The summed E-state index contributed by atoms with van der Waals surface area (Å²) in [7, 11) is 0. The summed E-state index contributed by atoms with van der Waals surface area (Å²) in [5, 5.41) is 10.1. The minimum Gasteiger partial charge on any atom is -0.504 e. The highest BCUT2D eigenvalue weighted by Gasteiger charge is 2.31. The highest BCUT2D eigenvalue weighted by atomic mass is 35.5. The molecule has 1 unspecified atom stereocenters. The molecule has 0 saturated carbocycles. The fourth-order valence-corrected chi connectivity index (χ4v) is 3.10. The van der Waals surface area contributed by atoms with E-state index >= 15 is 0 Å². The molecule has 3 rings (SSSR count). The number of aliphatic hydroxyl groups is 1. The first-order valence-electron chi connectivity index (χ1n) is 7.70. The summed E-state index contributed by atoms with van der Waals surface area (Å²) in [5.74, 6) is -1.11. The number of hydrogen-bond acceptors (Lipinski definition) is 3. The van der Waals surface area contributed by atoms with E-state index in [-0.39, 0.29) is 22.3 Å². The van der Waals surface area contributed by atoms with Crippen LogP contribution in [-0.4, -0.2) is 22.1 Å². The molecule has 4 heteroatoms. The SMILES string of the molecule is O=C1C(O)=C(CCCC2=CCC(Cl)C=C2)C(=O)c2ccccc21. The Bertz CT molecular complexity index is 756. The Morgan fingerprint density at radius 1 is 1.09 bits per heavy atom. The quantitative estimate of drug-likeness (QED) is 0.825. The van der Waals surface area contributed by atoms with Gasteiger partial charge in [-0.05, 0) is 25.7 Å². The second kappa shape index (κ2) is 6.55. The van der Waals surface area contributed by atoms with E-state index < -0.39 is 11.5 Å². The number of ketones is 2.